The van der Waals surface area contributed by atoms with Crippen molar-refractivity contribution in [3.8, 4) is 0 Å². The minimum absolute atomic E-state index is 0. The largest absolute Gasteiger partial charge is 0.503 e. The number of aromatic nitrogens is 4. The standard InChI is InChI=1S/C32H40F6N6.CH2O3.ClH/c1-3-42(19-22-10-6-5-7-11-22)29-17-25-13-9-8-12-24(25)16-26(29)21-43(30-39-41-44(4-2)40-30)20-23-14-27(31(33,34)35)18-28(15-23)32(36,37)38;2-1(3)4;/h14-18,22H,3-13,19-21H2,1-2H3;(H2,2,3,4);1H. The van der Waals surface area contributed by atoms with Gasteiger partial charge in [-0.1, -0.05) is 30.4 Å². The zero-order chi connectivity index (χ0) is 35.1. The van der Waals surface area contributed by atoms with Gasteiger partial charge in [0.05, 0.1) is 17.7 Å². The average molecular weight is 721 g/mol. The SMILES string of the molecule is CCN(CC1CCCCC1)c1cc2c(cc1CN(Cc1cc(C(F)(F)F)cc(C(F)(F)F)c1)c1nnn(CC)n1)CCCC2.Cl.O=C(O)O. The molecule has 9 nitrogen and oxygen atoms in total. The molecule has 3 aromatic rings. The van der Waals surface area contributed by atoms with Crippen molar-refractivity contribution in [3.63, 3.8) is 0 Å². The lowest BCUT2D eigenvalue weighted by molar-refractivity contribution is -0.143. The number of anilines is 2. The van der Waals surface area contributed by atoms with Gasteiger partial charge in [-0.15, -0.1) is 17.5 Å². The first-order valence-electron chi connectivity index (χ1n) is 16.3. The summed E-state index contributed by atoms with van der Waals surface area (Å²) in [6.07, 6.45) is -1.50. The van der Waals surface area contributed by atoms with E-state index in [1.165, 1.54) is 48.0 Å². The normalized spacial score (nSPS) is 15.0. The topological polar surface area (TPSA) is 108 Å². The molecule has 0 spiro atoms. The summed E-state index contributed by atoms with van der Waals surface area (Å²) in [7, 11) is 0. The zero-order valence-electron chi connectivity index (χ0n) is 27.5. The summed E-state index contributed by atoms with van der Waals surface area (Å²) in [5.41, 5.74) is 1.76. The van der Waals surface area contributed by atoms with Crippen LogP contribution in [-0.4, -0.2) is 49.7 Å². The van der Waals surface area contributed by atoms with Crippen LogP contribution in [0, 0.1) is 5.92 Å². The molecule has 1 heterocycles. The Bertz CT molecular complexity index is 1490. The van der Waals surface area contributed by atoms with Crippen LogP contribution in [0.3, 0.4) is 0 Å². The Labute approximate surface area is 287 Å². The summed E-state index contributed by atoms with van der Waals surface area (Å²) in [4.78, 5) is 13.9. The third kappa shape index (κ3) is 11.1. The number of rotatable bonds is 10. The Hall–Kier alpha value is -3.75. The summed E-state index contributed by atoms with van der Waals surface area (Å²) >= 11 is 0. The number of carboxylic acid groups (broad SMARTS) is 2. The fraction of sp³-hybridized carbons (Fsp3) is 0.576. The van der Waals surface area contributed by atoms with Gasteiger partial charge in [0.2, 0.25) is 0 Å². The summed E-state index contributed by atoms with van der Waals surface area (Å²) in [5.74, 6) is 0.734. The van der Waals surface area contributed by atoms with Crippen LogP contribution in [0.15, 0.2) is 30.3 Å². The number of halogens is 7. The summed E-state index contributed by atoms with van der Waals surface area (Å²) < 4.78 is 82.2. The highest BCUT2D eigenvalue weighted by Gasteiger charge is 2.37. The minimum Gasteiger partial charge on any atom is -0.450 e. The van der Waals surface area contributed by atoms with Crippen molar-refractivity contribution in [1.82, 2.24) is 20.2 Å². The molecular formula is C33H43ClF6N6O3. The Balaban J connectivity index is 0.00000123. The summed E-state index contributed by atoms with van der Waals surface area (Å²) in [6.45, 7) is 6.01. The molecule has 16 heteroatoms. The van der Waals surface area contributed by atoms with E-state index in [1.807, 2.05) is 6.92 Å². The Morgan fingerprint density at radius 1 is 0.837 bits per heavy atom. The molecule has 5 rings (SSSR count). The van der Waals surface area contributed by atoms with Crippen molar-refractivity contribution in [2.75, 3.05) is 22.9 Å². The molecule has 0 aliphatic heterocycles. The molecule has 0 atom stereocenters. The summed E-state index contributed by atoms with van der Waals surface area (Å²) in [6, 6.07) is 6.16. The van der Waals surface area contributed by atoms with Crippen LogP contribution >= 0.6 is 12.4 Å². The van der Waals surface area contributed by atoms with Gasteiger partial charge in [0.25, 0.3) is 5.95 Å². The first-order chi connectivity index (χ1) is 22.7. The predicted molar refractivity (Wildman–Crippen MR) is 175 cm³/mol. The third-order valence-electron chi connectivity index (χ3n) is 8.86. The van der Waals surface area contributed by atoms with E-state index in [-0.39, 0.29) is 43.1 Å². The second-order valence-corrected chi connectivity index (χ2v) is 12.3. The van der Waals surface area contributed by atoms with Gasteiger partial charge in [0.15, 0.2) is 0 Å². The van der Waals surface area contributed by atoms with Crippen molar-refractivity contribution in [2.24, 2.45) is 5.92 Å². The van der Waals surface area contributed by atoms with Gasteiger partial charge in [0.1, 0.15) is 0 Å². The third-order valence-corrected chi connectivity index (χ3v) is 8.86. The molecule has 1 fully saturated rings. The number of carbonyl (C=O) groups is 1. The van der Waals surface area contributed by atoms with E-state index >= 15 is 0 Å². The van der Waals surface area contributed by atoms with Crippen LogP contribution in [-0.2, 0) is 44.8 Å². The second kappa shape index (κ2) is 17.3. The second-order valence-electron chi connectivity index (χ2n) is 12.3. The fourth-order valence-corrected chi connectivity index (χ4v) is 6.55. The number of alkyl halides is 6. The van der Waals surface area contributed by atoms with Gasteiger partial charge in [-0.25, -0.2) is 4.79 Å². The van der Waals surface area contributed by atoms with Crippen LogP contribution in [0.1, 0.15) is 92.2 Å². The maximum Gasteiger partial charge on any atom is 0.503 e. The number of tetrazole rings is 1. The van der Waals surface area contributed by atoms with Gasteiger partial charge < -0.3 is 20.0 Å². The number of fused-ring (bicyclic) bond motifs is 1. The maximum atomic E-state index is 13.7. The molecule has 0 bridgehead atoms. The van der Waals surface area contributed by atoms with E-state index in [1.54, 1.807) is 4.90 Å². The first kappa shape index (κ1) is 39.7. The highest BCUT2D eigenvalue weighted by Crippen LogP contribution is 2.38. The number of hydrogen-bond acceptors (Lipinski definition) is 6. The number of nitrogens with zero attached hydrogens (tertiary/aromatic N) is 6. The van der Waals surface area contributed by atoms with Gasteiger partial charge >= 0.3 is 18.5 Å². The van der Waals surface area contributed by atoms with Gasteiger partial charge in [-0.05, 0) is 110 Å². The van der Waals surface area contributed by atoms with E-state index in [9.17, 15) is 26.3 Å². The molecule has 272 valence electrons. The van der Waals surface area contributed by atoms with Crippen LogP contribution in [0.25, 0.3) is 0 Å². The van der Waals surface area contributed by atoms with Crippen molar-refractivity contribution in [2.45, 2.75) is 104 Å². The Morgan fingerprint density at radius 3 is 1.92 bits per heavy atom. The van der Waals surface area contributed by atoms with E-state index in [2.05, 4.69) is 39.4 Å². The lowest BCUT2D eigenvalue weighted by Crippen LogP contribution is -2.33. The van der Waals surface area contributed by atoms with E-state index < -0.39 is 29.6 Å². The quantitative estimate of drug-likeness (QED) is 0.200. The van der Waals surface area contributed by atoms with Gasteiger partial charge in [0, 0.05) is 31.9 Å². The lowest BCUT2D eigenvalue weighted by atomic mass is 9.87. The number of hydrogen-bond donors (Lipinski definition) is 2. The first-order valence-corrected chi connectivity index (χ1v) is 16.3. The fourth-order valence-electron chi connectivity index (χ4n) is 6.55. The number of benzene rings is 2. The van der Waals surface area contributed by atoms with Crippen LogP contribution < -0.4 is 9.80 Å². The van der Waals surface area contributed by atoms with Gasteiger partial charge in [-0.2, -0.15) is 31.1 Å². The van der Waals surface area contributed by atoms with E-state index in [4.69, 9.17) is 15.0 Å². The molecule has 0 unspecified atom stereocenters. The maximum absolute atomic E-state index is 13.7. The molecule has 1 saturated carbocycles. The molecule has 2 aliphatic carbocycles. The lowest BCUT2D eigenvalue weighted by Gasteiger charge is -2.34. The Morgan fingerprint density at radius 2 is 1.41 bits per heavy atom. The Kier molecular flexibility index (Phi) is 14.0. The predicted octanol–water partition coefficient (Wildman–Crippen LogP) is 8.87. The van der Waals surface area contributed by atoms with E-state index in [0.717, 1.165) is 62.2 Å². The highest BCUT2D eigenvalue weighted by atomic mass is 35.5. The molecule has 1 aromatic heterocycles. The monoisotopic (exact) mass is 720 g/mol. The van der Waals surface area contributed by atoms with Gasteiger partial charge in [-0.3, -0.25) is 0 Å². The number of aryl methyl sites for hydroxylation is 3. The zero-order valence-corrected chi connectivity index (χ0v) is 28.3. The summed E-state index contributed by atoms with van der Waals surface area (Å²) in [5, 5.41) is 26.5. The van der Waals surface area contributed by atoms with Crippen LogP contribution in [0.4, 0.5) is 42.8 Å². The smallest absolute Gasteiger partial charge is 0.450 e. The van der Waals surface area contributed by atoms with Crippen molar-refractivity contribution < 1.29 is 41.4 Å². The molecule has 0 radical (unpaired) electrons. The highest BCUT2D eigenvalue weighted by molar-refractivity contribution is 5.85. The molecule has 0 amide bonds. The van der Waals surface area contributed by atoms with Crippen LogP contribution in [0.2, 0.25) is 0 Å². The molecule has 2 aromatic carbocycles. The molecule has 2 N–H and O–H groups in total. The van der Waals surface area contributed by atoms with Crippen molar-refractivity contribution in [3.05, 3.63) is 63.7 Å². The van der Waals surface area contributed by atoms with Crippen molar-refractivity contribution >= 4 is 30.2 Å². The van der Waals surface area contributed by atoms with E-state index in [0.29, 0.717) is 12.5 Å². The molecule has 49 heavy (non-hydrogen) atoms. The minimum atomic E-state index is -4.93. The molecule has 0 saturated heterocycles. The average Bonchev–Trinajstić information content (AvgIpc) is 3.52. The van der Waals surface area contributed by atoms with Crippen LogP contribution in [0.5, 0.6) is 0 Å². The molecular weight excluding hydrogens is 678 g/mol. The van der Waals surface area contributed by atoms with Crippen molar-refractivity contribution in [1.29, 1.82) is 0 Å². The molecule has 2 aliphatic rings.